The molecule has 2 aromatic rings. The Morgan fingerprint density at radius 2 is 1.60 bits per heavy atom. The average molecular weight is 267 g/mol. The van der Waals surface area contributed by atoms with E-state index in [-0.39, 0.29) is 0 Å². The van der Waals surface area contributed by atoms with Gasteiger partial charge in [-0.15, -0.1) is 0 Å². The molecular weight excluding hydrogens is 242 g/mol. The van der Waals surface area contributed by atoms with Crippen LogP contribution in [0.4, 0.5) is 5.69 Å². The van der Waals surface area contributed by atoms with Crippen molar-refractivity contribution < 1.29 is 0 Å². The van der Waals surface area contributed by atoms with Crippen LogP contribution in [0.2, 0.25) is 0 Å². The van der Waals surface area contributed by atoms with E-state index in [2.05, 4.69) is 54.7 Å². The molecule has 0 aromatic heterocycles. The first-order chi connectivity index (χ1) is 9.85. The molecule has 2 aromatic carbocycles. The number of hydrogen-bond acceptors (Lipinski definition) is 1. The number of rotatable bonds is 4. The van der Waals surface area contributed by atoms with E-state index >= 15 is 0 Å². The predicted octanol–water partition coefficient (Wildman–Crippen LogP) is 5.47. The molecule has 20 heavy (non-hydrogen) atoms. The van der Waals surface area contributed by atoms with Crippen molar-refractivity contribution in [2.45, 2.75) is 39.0 Å². The van der Waals surface area contributed by atoms with Gasteiger partial charge in [0.15, 0.2) is 0 Å². The Kier molecular flexibility index (Phi) is 4.25. The summed E-state index contributed by atoms with van der Waals surface area (Å²) in [6.45, 7) is 3.47. The molecule has 0 bridgehead atoms. The van der Waals surface area contributed by atoms with Crippen LogP contribution in [-0.4, -0.2) is 6.54 Å². The van der Waals surface area contributed by atoms with E-state index in [1.807, 2.05) is 0 Å². The first-order valence-corrected chi connectivity index (χ1v) is 8.08. The maximum atomic E-state index is 3.64. The number of hydrogen-bond donors (Lipinski definition) is 1. The maximum absolute atomic E-state index is 3.64. The van der Waals surface area contributed by atoms with Gasteiger partial charge in [-0.1, -0.05) is 56.5 Å². The highest BCUT2D eigenvalue weighted by atomic mass is 14.9. The first-order valence-electron chi connectivity index (χ1n) is 8.08. The largest absolute Gasteiger partial charge is 0.385 e. The Morgan fingerprint density at radius 3 is 2.35 bits per heavy atom. The van der Waals surface area contributed by atoms with Crippen LogP contribution >= 0.6 is 0 Å². The minimum Gasteiger partial charge on any atom is -0.385 e. The zero-order valence-electron chi connectivity index (χ0n) is 12.4. The third-order valence-corrected chi connectivity index (χ3v) is 4.89. The van der Waals surface area contributed by atoms with E-state index in [0.29, 0.717) is 0 Å². The summed E-state index contributed by atoms with van der Waals surface area (Å²) in [6, 6.07) is 15.3. The number of nitrogens with one attached hydrogen (secondary N) is 1. The second-order valence-corrected chi connectivity index (χ2v) is 6.24. The van der Waals surface area contributed by atoms with Crippen LogP contribution in [0.5, 0.6) is 0 Å². The van der Waals surface area contributed by atoms with Gasteiger partial charge in [-0.25, -0.2) is 0 Å². The third-order valence-electron chi connectivity index (χ3n) is 4.89. The second-order valence-electron chi connectivity index (χ2n) is 6.24. The van der Waals surface area contributed by atoms with Crippen LogP contribution in [-0.2, 0) is 0 Å². The van der Waals surface area contributed by atoms with Crippen molar-refractivity contribution >= 4 is 16.5 Å². The Bertz CT molecular complexity index is 552. The summed E-state index contributed by atoms with van der Waals surface area (Å²) in [5, 5.41) is 6.29. The molecule has 1 fully saturated rings. The minimum absolute atomic E-state index is 0.865. The van der Waals surface area contributed by atoms with E-state index in [1.165, 1.54) is 48.6 Å². The minimum atomic E-state index is 0.865. The van der Waals surface area contributed by atoms with Gasteiger partial charge in [0.1, 0.15) is 0 Å². The summed E-state index contributed by atoms with van der Waals surface area (Å²) < 4.78 is 0. The number of anilines is 1. The van der Waals surface area contributed by atoms with Crippen LogP contribution in [0.1, 0.15) is 39.0 Å². The normalized spacial score (nSPS) is 22.9. The standard InChI is InChI=1S/C19H25N/c1-2-15-7-9-16(10-8-15)14-20-19-12-11-17-5-3-4-6-18(17)13-19/h3-6,11-13,15-16,20H,2,7-10,14H2,1H3. The molecule has 1 saturated carbocycles. The predicted molar refractivity (Wildman–Crippen MR) is 88.2 cm³/mol. The summed E-state index contributed by atoms with van der Waals surface area (Å²) >= 11 is 0. The number of fused-ring (bicyclic) bond motifs is 1. The summed E-state index contributed by atoms with van der Waals surface area (Å²) in [5.74, 6) is 1.86. The Balaban J connectivity index is 1.57. The summed E-state index contributed by atoms with van der Waals surface area (Å²) in [7, 11) is 0. The quantitative estimate of drug-likeness (QED) is 0.774. The van der Waals surface area contributed by atoms with Crippen molar-refractivity contribution in [3.8, 4) is 0 Å². The molecule has 1 heteroatoms. The van der Waals surface area contributed by atoms with Crippen molar-refractivity contribution in [1.29, 1.82) is 0 Å². The van der Waals surface area contributed by atoms with Gasteiger partial charge in [-0.05, 0) is 47.6 Å². The van der Waals surface area contributed by atoms with Crippen LogP contribution in [0.25, 0.3) is 10.8 Å². The molecule has 0 heterocycles. The highest BCUT2D eigenvalue weighted by molar-refractivity contribution is 5.85. The molecule has 106 valence electrons. The molecule has 0 atom stereocenters. The molecule has 1 aliphatic rings. The second kappa shape index (κ2) is 6.30. The summed E-state index contributed by atoms with van der Waals surface area (Å²) in [5.41, 5.74) is 1.27. The topological polar surface area (TPSA) is 12.0 Å². The van der Waals surface area contributed by atoms with Gasteiger partial charge in [0.25, 0.3) is 0 Å². The molecule has 0 radical (unpaired) electrons. The van der Waals surface area contributed by atoms with Gasteiger partial charge in [0.05, 0.1) is 0 Å². The van der Waals surface area contributed by atoms with E-state index < -0.39 is 0 Å². The lowest BCUT2D eigenvalue weighted by Gasteiger charge is -2.28. The molecule has 3 rings (SSSR count). The molecule has 1 nitrogen and oxygen atoms in total. The van der Waals surface area contributed by atoms with Gasteiger partial charge in [0, 0.05) is 12.2 Å². The molecule has 1 N–H and O–H groups in total. The molecule has 1 aliphatic carbocycles. The van der Waals surface area contributed by atoms with E-state index in [4.69, 9.17) is 0 Å². The van der Waals surface area contributed by atoms with Gasteiger partial charge in [-0.3, -0.25) is 0 Å². The van der Waals surface area contributed by atoms with Crippen molar-refractivity contribution in [1.82, 2.24) is 0 Å². The smallest absolute Gasteiger partial charge is 0.0346 e. The van der Waals surface area contributed by atoms with Crippen LogP contribution < -0.4 is 5.32 Å². The first kappa shape index (κ1) is 13.5. The van der Waals surface area contributed by atoms with Crippen molar-refractivity contribution in [2.24, 2.45) is 11.8 Å². The highest BCUT2D eigenvalue weighted by Gasteiger charge is 2.19. The summed E-state index contributed by atoms with van der Waals surface area (Å²) in [4.78, 5) is 0. The van der Waals surface area contributed by atoms with E-state index in [0.717, 1.165) is 18.4 Å². The Morgan fingerprint density at radius 1 is 0.900 bits per heavy atom. The average Bonchev–Trinajstić information content (AvgIpc) is 2.53. The SMILES string of the molecule is CCC1CCC(CNc2ccc3ccccc3c2)CC1. The lowest BCUT2D eigenvalue weighted by atomic mass is 9.81. The summed E-state index contributed by atoms with van der Waals surface area (Å²) in [6.07, 6.45) is 7.03. The maximum Gasteiger partial charge on any atom is 0.0346 e. The van der Waals surface area contributed by atoms with Crippen molar-refractivity contribution in [3.05, 3.63) is 42.5 Å². The van der Waals surface area contributed by atoms with Crippen LogP contribution in [0.15, 0.2) is 42.5 Å². The molecule has 0 amide bonds. The Labute approximate surface area is 122 Å². The van der Waals surface area contributed by atoms with E-state index in [9.17, 15) is 0 Å². The fourth-order valence-electron chi connectivity index (χ4n) is 3.41. The molecule has 0 spiro atoms. The Hall–Kier alpha value is -1.50. The fourth-order valence-corrected chi connectivity index (χ4v) is 3.41. The molecule has 0 saturated heterocycles. The van der Waals surface area contributed by atoms with Gasteiger partial charge >= 0.3 is 0 Å². The van der Waals surface area contributed by atoms with Crippen LogP contribution in [0.3, 0.4) is 0 Å². The lowest BCUT2D eigenvalue weighted by Crippen LogP contribution is -2.20. The zero-order chi connectivity index (χ0) is 13.8. The highest BCUT2D eigenvalue weighted by Crippen LogP contribution is 2.30. The van der Waals surface area contributed by atoms with Crippen LogP contribution in [0, 0.1) is 11.8 Å². The van der Waals surface area contributed by atoms with Crippen molar-refractivity contribution in [3.63, 3.8) is 0 Å². The third kappa shape index (κ3) is 3.15. The van der Waals surface area contributed by atoms with Gasteiger partial charge in [0.2, 0.25) is 0 Å². The van der Waals surface area contributed by atoms with Gasteiger partial charge in [-0.2, -0.15) is 0 Å². The lowest BCUT2D eigenvalue weighted by molar-refractivity contribution is 0.278. The molecular formula is C19H25N. The van der Waals surface area contributed by atoms with Gasteiger partial charge < -0.3 is 5.32 Å². The number of benzene rings is 2. The zero-order valence-corrected chi connectivity index (χ0v) is 12.4. The van der Waals surface area contributed by atoms with E-state index in [1.54, 1.807) is 0 Å². The molecule has 0 aliphatic heterocycles. The van der Waals surface area contributed by atoms with Crippen molar-refractivity contribution in [2.75, 3.05) is 11.9 Å². The fraction of sp³-hybridized carbons (Fsp3) is 0.474. The monoisotopic (exact) mass is 267 g/mol. The molecule has 0 unspecified atom stereocenters.